The van der Waals surface area contributed by atoms with Crippen molar-refractivity contribution in [3.63, 3.8) is 0 Å². The molecule has 0 N–H and O–H groups in total. The second kappa shape index (κ2) is 5.55. The largest absolute Gasteiger partial charge is 2.00 e. The molecule has 0 saturated heterocycles. The Bertz CT molecular complexity index is 272. The molecule has 4 heteroatoms. The van der Waals surface area contributed by atoms with Crippen molar-refractivity contribution in [3.05, 3.63) is 42.3 Å². The molecule has 1 aromatic carbocycles. The molecule has 0 saturated carbocycles. The van der Waals surface area contributed by atoms with Gasteiger partial charge < -0.3 is 7.43 Å². The molecule has 0 atom stereocenters. The first-order valence-electron chi connectivity index (χ1n) is 3.47. The zero-order valence-corrected chi connectivity index (χ0v) is 11.1. The molecule has 0 aliphatic carbocycles. The van der Waals surface area contributed by atoms with Crippen molar-refractivity contribution in [3.8, 4) is 0 Å². The fraction of sp³-hybridized carbons (Fsp3) is 0.300. The van der Waals surface area contributed by atoms with Gasteiger partial charge in [0, 0.05) is 0 Å². The summed E-state index contributed by atoms with van der Waals surface area (Å²) in [6.07, 6.45) is -4.28. The molecular weight excluding hydrogens is 361 g/mol. The van der Waals surface area contributed by atoms with Crippen LogP contribution >= 0.6 is 0 Å². The molecule has 0 radical (unpaired) electrons. The van der Waals surface area contributed by atoms with E-state index in [2.05, 4.69) is 6.07 Å². The molecule has 0 nitrogen and oxygen atoms in total. The Balaban J connectivity index is 0. The maximum atomic E-state index is 12.1. The van der Waals surface area contributed by atoms with Crippen LogP contribution in [0.4, 0.5) is 13.2 Å². The van der Waals surface area contributed by atoms with Crippen LogP contribution in [0.25, 0.3) is 0 Å². The van der Waals surface area contributed by atoms with E-state index in [0.717, 1.165) is 6.07 Å². The minimum Gasteiger partial charge on any atom is -0.358 e. The maximum absolute atomic E-state index is 12.1. The summed E-state index contributed by atoms with van der Waals surface area (Å²) in [6.45, 7) is 3.23. The monoisotopic (exact) mass is 372 g/mol. The molecule has 0 amide bonds. The van der Waals surface area contributed by atoms with Gasteiger partial charge in [-0.3, -0.25) is 0 Å². The average Bonchev–Trinajstić information content (AvgIpc) is 1.82. The summed E-state index contributed by atoms with van der Waals surface area (Å²) in [6, 6.07) is 5.02. The van der Waals surface area contributed by atoms with Crippen LogP contribution in [0.2, 0.25) is 0 Å². The molecule has 1 aromatic rings. The summed E-state index contributed by atoms with van der Waals surface area (Å²) in [4.78, 5) is 0. The first kappa shape index (κ1) is 16.1. The Kier molecular flexibility index (Phi) is 6.40. The van der Waals surface area contributed by atoms with Gasteiger partial charge in [-0.1, -0.05) is 19.4 Å². The number of aryl methyl sites for hydroxylation is 2. The number of hydrogen-bond acceptors (Lipinski definition) is 0. The molecule has 0 unspecified atom stereocenters. The minimum absolute atomic E-state index is 0. The summed E-state index contributed by atoms with van der Waals surface area (Å²) in [5, 5.41) is 0. The molecule has 0 fully saturated rings. The quantitative estimate of drug-likeness (QED) is 0.611. The summed E-state index contributed by atoms with van der Waals surface area (Å²) < 4.78 is 36.3. The Morgan fingerprint density at radius 3 is 2.00 bits per heavy atom. The molecule has 14 heavy (non-hydrogen) atoms. The number of rotatable bonds is 0. The van der Waals surface area contributed by atoms with Crippen LogP contribution in [0.5, 0.6) is 0 Å². The zero-order chi connectivity index (χ0) is 9.35. The van der Waals surface area contributed by atoms with Crippen molar-refractivity contribution in [2.75, 3.05) is 0 Å². The van der Waals surface area contributed by atoms with Crippen LogP contribution < -0.4 is 0 Å². The van der Waals surface area contributed by atoms with E-state index in [-0.39, 0.29) is 28.5 Å². The van der Waals surface area contributed by atoms with Crippen molar-refractivity contribution in [1.29, 1.82) is 0 Å². The first-order valence-corrected chi connectivity index (χ1v) is 3.47. The Morgan fingerprint density at radius 2 is 1.64 bits per heavy atom. The van der Waals surface area contributed by atoms with Crippen LogP contribution in [-0.2, 0) is 27.2 Å². The van der Waals surface area contributed by atoms with Gasteiger partial charge in [0.25, 0.3) is 0 Å². The van der Waals surface area contributed by atoms with Gasteiger partial charge in [0.1, 0.15) is 0 Å². The predicted octanol–water partition coefficient (Wildman–Crippen LogP) is 3.57. The molecule has 0 aromatic heterocycles. The Morgan fingerprint density at radius 1 is 1.14 bits per heavy atom. The van der Waals surface area contributed by atoms with Crippen molar-refractivity contribution >= 4 is 0 Å². The number of hydrogen-bond donors (Lipinski definition) is 0. The molecule has 1 rings (SSSR count). The van der Waals surface area contributed by atoms with Gasteiger partial charge in [0.05, 0.1) is 0 Å². The third-order valence-electron chi connectivity index (χ3n) is 1.45. The van der Waals surface area contributed by atoms with E-state index >= 15 is 0 Å². The Labute approximate surface area is 96.8 Å². The third-order valence-corrected chi connectivity index (χ3v) is 1.45. The van der Waals surface area contributed by atoms with E-state index in [1.165, 1.54) is 0 Å². The van der Waals surface area contributed by atoms with E-state index < -0.39 is 11.7 Å². The maximum Gasteiger partial charge on any atom is 2.00 e. The van der Waals surface area contributed by atoms with Crippen molar-refractivity contribution in [1.82, 2.24) is 0 Å². The SMILES string of the molecule is Cc1[c-]c(C(F)(F)F)cc(C)c1.[CH3-].[W+2]. The summed E-state index contributed by atoms with van der Waals surface area (Å²) in [5.41, 5.74) is 0.431. The number of benzene rings is 1. The fourth-order valence-electron chi connectivity index (χ4n) is 1.05. The predicted molar refractivity (Wildman–Crippen MR) is 46.2 cm³/mol. The van der Waals surface area contributed by atoms with E-state index in [0.29, 0.717) is 11.1 Å². The van der Waals surface area contributed by atoms with Gasteiger partial charge in [0.2, 0.25) is 0 Å². The second-order valence-corrected chi connectivity index (χ2v) is 2.75. The average molecular weight is 372 g/mol. The van der Waals surface area contributed by atoms with Gasteiger partial charge in [-0.2, -0.15) is 42.5 Å². The van der Waals surface area contributed by atoms with Gasteiger partial charge in [-0.15, -0.1) is 0 Å². The molecule has 0 aliphatic heterocycles. The number of halogens is 3. The van der Waals surface area contributed by atoms with Crippen molar-refractivity contribution in [2.45, 2.75) is 20.0 Å². The van der Waals surface area contributed by atoms with Gasteiger partial charge in [0.15, 0.2) is 0 Å². The molecule has 0 bridgehead atoms. The topological polar surface area (TPSA) is 0 Å². The third kappa shape index (κ3) is 4.27. The van der Waals surface area contributed by atoms with Crippen LogP contribution in [0.3, 0.4) is 0 Å². The standard InChI is InChI=1S/C9H8F3.CH3.W/c1-6-3-7(2)5-8(4-6)9(10,11)12;;/h3-4H,1-2H3;1H3;/q2*-1;+2. The zero-order valence-electron chi connectivity index (χ0n) is 8.20. The van der Waals surface area contributed by atoms with E-state index in [1.54, 1.807) is 19.9 Å². The fourth-order valence-corrected chi connectivity index (χ4v) is 1.05. The van der Waals surface area contributed by atoms with E-state index in [4.69, 9.17) is 0 Å². The normalized spacial score (nSPS) is 10.1. The first-order chi connectivity index (χ1) is 5.39. The minimum atomic E-state index is -4.28. The number of alkyl halides is 3. The van der Waals surface area contributed by atoms with Crippen LogP contribution in [0.1, 0.15) is 16.7 Å². The smallest absolute Gasteiger partial charge is 0.358 e. The van der Waals surface area contributed by atoms with Gasteiger partial charge in [-0.25, -0.2) is 0 Å². The van der Waals surface area contributed by atoms with E-state index in [1.807, 2.05) is 0 Å². The van der Waals surface area contributed by atoms with Gasteiger partial charge >= 0.3 is 27.2 Å². The molecule has 0 spiro atoms. The van der Waals surface area contributed by atoms with Crippen LogP contribution in [-0.4, -0.2) is 0 Å². The second-order valence-electron chi connectivity index (χ2n) is 2.75. The van der Waals surface area contributed by atoms with Crippen molar-refractivity contribution in [2.24, 2.45) is 0 Å². The van der Waals surface area contributed by atoms with Crippen LogP contribution in [0, 0.1) is 27.3 Å². The molecule has 0 aliphatic rings. The Hall–Kier alpha value is -0.302. The molecule has 78 valence electrons. The van der Waals surface area contributed by atoms with Crippen molar-refractivity contribution < 1.29 is 34.2 Å². The molecular formula is C10H11F3W. The summed E-state index contributed by atoms with van der Waals surface area (Å²) in [5.74, 6) is 0. The van der Waals surface area contributed by atoms with Gasteiger partial charge in [-0.05, 0) is 0 Å². The summed E-state index contributed by atoms with van der Waals surface area (Å²) in [7, 11) is 0. The van der Waals surface area contributed by atoms with Crippen LogP contribution in [0.15, 0.2) is 12.1 Å². The summed E-state index contributed by atoms with van der Waals surface area (Å²) >= 11 is 0. The molecule has 0 heterocycles. The van der Waals surface area contributed by atoms with E-state index in [9.17, 15) is 13.2 Å².